The minimum absolute atomic E-state index is 0. The Morgan fingerprint density at radius 2 is 1.96 bits per heavy atom. The van der Waals surface area contributed by atoms with Crippen LogP contribution < -0.4 is 9.47 Å². The summed E-state index contributed by atoms with van der Waals surface area (Å²) in [4.78, 5) is 22.7. The van der Waals surface area contributed by atoms with Crippen LogP contribution in [0.5, 0.6) is 11.5 Å². The predicted octanol–water partition coefficient (Wildman–Crippen LogP) is 1.53. The van der Waals surface area contributed by atoms with Crippen LogP contribution in [0.1, 0.15) is 21.6 Å². The van der Waals surface area contributed by atoms with Crippen molar-refractivity contribution in [3.63, 3.8) is 0 Å². The quantitative estimate of drug-likeness (QED) is 0.580. The van der Waals surface area contributed by atoms with Crippen LogP contribution in [-0.4, -0.2) is 104 Å². The molecule has 3 rings (SSSR count). The van der Waals surface area contributed by atoms with E-state index >= 15 is 0 Å². The van der Waals surface area contributed by atoms with E-state index in [2.05, 4.69) is 15.0 Å². The van der Waals surface area contributed by atoms with Gasteiger partial charge in [-0.2, -0.15) is 0 Å². The Kier molecular flexibility index (Phi) is 9.61. The summed E-state index contributed by atoms with van der Waals surface area (Å²) in [7, 11) is 1.47. The number of pyridine rings is 1. The van der Waals surface area contributed by atoms with Crippen LogP contribution in [0.4, 0.5) is 0 Å². The Labute approximate surface area is 208 Å². The van der Waals surface area contributed by atoms with E-state index in [-0.39, 0.29) is 76.2 Å². The first-order valence-electron chi connectivity index (χ1n) is 7.62. The third-order valence-electron chi connectivity index (χ3n) is 3.95. The molecule has 0 aliphatic rings. The van der Waals surface area contributed by atoms with E-state index in [0.29, 0.717) is 27.7 Å². The number of aromatic carboxylic acids is 1. The number of hydrogen-bond donors (Lipinski definition) is 2. The van der Waals surface area contributed by atoms with Gasteiger partial charge in [-0.05, 0) is 19.1 Å². The van der Waals surface area contributed by atoms with E-state index in [1.807, 2.05) is 0 Å². The molecule has 0 spiro atoms. The van der Waals surface area contributed by atoms with Crippen LogP contribution in [0.3, 0.4) is 0 Å². The summed E-state index contributed by atoms with van der Waals surface area (Å²) in [5, 5.41) is 9.51. The molecule has 2 radical (unpaired) electrons. The molecule has 3 aromatic rings. The average molecular weight is 421 g/mol. The van der Waals surface area contributed by atoms with Gasteiger partial charge in [-0.15, -0.1) is 0 Å². The fourth-order valence-electron chi connectivity index (χ4n) is 2.58. The molecule has 0 fully saturated rings. The molecule has 1 atom stereocenters. The van der Waals surface area contributed by atoms with Gasteiger partial charge in [0.15, 0.2) is 5.16 Å². The molecule has 28 heavy (non-hydrogen) atoms. The molecule has 138 valence electrons. The van der Waals surface area contributed by atoms with Gasteiger partial charge in [0.25, 0.3) is 0 Å². The van der Waals surface area contributed by atoms with Crippen LogP contribution >= 0.6 is 0 Å². The number of aromatic amines is 1. The number of carboxylic acid groups (broad SMARTS) is 1. The second-order valence-electron chi connectivity index (χ2n) is 5.50. The van der Waals surface area contributed by atoms with Crippen molar-refractivity contribution < 1.29 is 23.6 Å². The van der Waals surface area contributed by atoms with Gasteiger partial charge in [0.1, 0.15) is 17.1 Å². The zero-order chi connectivity index (χ0) is 18.8. The number of nitrogens with zero attached hydrogens (tertiary/aromatic N) is 2. The summed E-state index contributed by atoms with van der Waals surface area (Å²) in [6.45, 7) is 1.69. The zero-order valence-electron chi connectivity index (χ0n) is 16.4. The number of carbonyl (C=O) groups is 1. The molecule has 1 unspecified atom stereocenters. The maximum absolute atomic E-state index is 12.7. The van der Waals surface area contributed by atoms with Gasteiger partial charge >= 0.3 is 5.97 Å². The van der Waals surface area contributed by atoms with Crippen LogP contribution in [0.25, 0.3) is 11.0 Å². The van der Waals surface area contributed by atoms with Crippen molar-refractivity contribution in [2.24, 2.45) is 0 Å². The molecule has 2 heterocycles. The van der Waals surface area contributed by atoms with Crippen molar-refractivity contribution in [1.82, 2.24) is 15.0 Å². The van der Waals surface area contributed by atoms with E-state index in [4.69, 9.17) is 9.47 Å². The molecule has 0 saturated carbocycles. The van der Waals surface area contributed by atoms with Crippen molar-refractivity contribution in [1.29, 1.82) is 0 Å². The fraction of sp³-hybridized carbons (Fsp3) is 0.235. The molecule has 8 nitrogen and oxygen atoms in total. The Hall–Kier alpha value is -0.940. The number of H-pyrrole nitrogens is 1. The molecule has 0 saturated heterocycles. The van der Waals surface area contributed by atoms with E-state index in [1.165, 1.54) is 13.3 Å². The average Bonchev–Trinajstić information content (AvgIpc) is 3.06. The first-order chi connectivity index (χ1) is 12.4. The minimum atomic E-state index is -1.49. The first kappa shape index (κ1) is 25.1. The number of nitrogens with one attached hydrogen (secondary N) is 1. The summed E-state index contributed by atoms with van der Waals surface area (Å²) >= 11 is 0. The third-order valence-corrected chi connectivity index (χ3v) is 5.11. The van der Waals surface area contributed by atoms with Gasteiger partial charge < -0.3 is 19.6 Å². The van der Waals surface area contributed by atoms with Gasteiger partial charge in [-0.1, -0.05) is 0 Å². The van der Waals surface area contributed by atoms with Crippen LogP contribution in [0, 0.1) is 6.92 Å². The van der Waals surface area contributed by atoms with Crippen molar-refractivity contribution in [3.8, 4) is 11.5 Å². The number of aromatic nitrogens is 3. The maximum Gasteiger partial charge on any atom is 0.341 e. The number of carboxylic acids is 1. The molecule has 0 aliphatic carbocycles. The summed E-state index contributed by atoms with van der Waals surface area (Å²) in [5.41, 5.74) is 2.39. The van der Waals surface area contributed by atoms with Crippen LogP contribution in [0.15, 0.2) is 29.6 Å². The van der Waals surface area contributed by atoms with Gasteiger partial charge in [0.05, 0.1) is 47.5 Å². The van der Waals surface area contributed by atoms with Gasteiger partial charge in [0, 0.05) is 76.9 Å². The molecule has 0 aliphatic heterocycles. The Morgan fingerprint density at radius 1 is 1.25 bits per heavy atom. The second kappa shape index (κ2) is 10.7. The molecule has 0 bridgehead atoms. The Bertz CT molecular complexity index is 1030. The number of hydrogen-bond acceptors (Lipinski definition) is 6. The maximum atomic E-state index is 12.7. The zero-order valence-corrected chi connectivity index (χ0v) is 21.2. The number of benzene rings is 1. The van der Waals surface area contributed by atoms with E-state index in [9.17, 15) is 14.1 Å². The molecule has 2 aromatic heterocycles. The minimum Gasteiger partial charge on any atom is -0.497 e. The van der Waals surface area contributed by atoms with Gasteiger partial charge in [-0.3, -0.25) is 9.19 Å². The Balaban J connectivity index is 0.00000196. The number of methoxy groups -OCH3 is 2. The molecule has 0 amide bonds. The number of ether oxygens (including phenoxy) is 2. The SMILES string of the molecule is COc1ccc2nc(S(=O)Cc3ncc(C(=O)O)c(OC)c3C)[nH]c2c1.[Na].[Na]. The van der Waals surface area contributed by atoms with Crippen LogP contribution in [-0.2, 0) is 16.6 Å². The van der Waals surface area contributed by atoms with Crippen molar-refractivity contribution >= 4 is 86.9 Å². The van der Waals surface area contributed by atoms with Crippen LogP contribution in [0.2, 0.25) is 0 Å². The van der Waals surface area contributed by atoms with Gasteiger partial charge in [-0.25, -0.2) is 9.78 Å². The standard InChI is InChI=1S/C17H17N3O5S.2Na/c1-9-14(18-7-11(16(21)22)15(9)25-3)8-26(23)17-19-12-5-4-10(24-2)6-13(12)20-17;;/h4-7H,8H2,1-3H3,(H,19,20)(H,21,22);;. The topological polar surface area (TPSA) is 114 Å². The van der Waals surface area contributed by atoms with Crippen molar-refractivity contribution in [2.75, 3.05) is 14.2 Å². The number of rotatable bonds is 6. The van der Waals surface area contributed by atoms with Crippen molar-refractivity contribution in [2.45, 2.75) is 17.8 Å². The molecular weight excluding hydrogens is 404 g/mol. The first-order valence-corrected chi connectivity index (χ1v) is 8.94. The predicted molar refractivity (Wildman–Crippen MR) is 107 cm³/mol. The second-order valence-corrected chi connectivity index (χ2v) is 6.86. The molecule has 1 aromatic carbocycles. The fourth-order valence-corrected chi connectivity index (χ4v) is 3.68. The van der Waals surface area contributed by atoms with E-state index < -0.39 is 16.8 Å². The third kappa shape index (κ3) is 5.15. The normalized spacial score (nSPS) is 11.2. The van der Waals surface area contributed by atoms with E-state index in [0.717, 1.165) is 5.52 Å². The smallest absolute Gasteiger partial charge is 0.341 e. The molecule has 2 N–H and O–H groups in total. The Morgan fingerprint density at radius 3 is 2.57 bits per heavy atom. The number of fused-ring (bicyclic) bond motifs is 1. The molecule has 11 heteroatoms. The van der Waals surface area contributed by atoms with Gasteiger partial charge in [0.2, 0.25) is 0 Å². The number of imidazole rings is 1. The largest absolute Gasteiger partial charge is 0.497 e. The summed E-state index contributed by atoms with van der Waals surface area (Å²) in [6, 6.07) is 5.33. The van der Waals surface area contributed by atoms with Crippen molar-refractivity contribution in [3.05, 3.63) is 41.2 Å². The summed E-state index contributed by atoms with van der Waals surface area (Å²) in [5.74, 6) is -0.158. The molecular formula is C17H17N3Na2O5S. The van der Waals surface area contributed by atoms with E-state index in [1.54, 1.807) is 32.2 Å². The summed E-state index contributed by atoms with van der Waals surface area (Å²) < 4.78 is 23.0. The summed E-state index contributed by atoms with van der Waals surface area (Å²) in [6.07, 6.45) is 1.21. The monoisotopic (exact) mass is 421 g/mol.